The topological polar surface area (TPSA) is 43.1 Å². The van der Waals surface area contributed by atoms with E-state index >= 15 is 0 Å². The molecular weight excluding hydrogens is 296 g/mol. The number of benzene rings is 1. The first kappa shape index (κ1) is 13.2. The monoisotopic (exact) mass is 308 g/mol. The Morgan fingerprint density at radius 3 is 2.73 bits per heavy atom. The number of aliphatic imine (C=N–C) groups is 1. The third kappa shape index (κ3) is 2.22. The van der Waals surface area contributed by atoms with Gasteiger partial charge in [0.05, 0.1) is 17.2 Å². The minimum Gasteiger partial charge on any atom is -0.291 e. The van der Waals surface area contributed by atoms with Gasteiger partial charge < -0.3 is 0 Å². The van der Waals surface area contributed by atoms with Crippen LogP contribution in [0.25, 0.3) is 22.3 Å². The molecule has 0 N–H and O–H groups in total. The Morgan fingerprint density at radius 2 is 1.95 bits per heavy atom. The van der Waals surface area contributed by atoms with Gasteiger partial charge in [-0.15, -0.1) is 0 Å². The molecule has 2 aromatic heterocycles. The fourth-order valence-electron chi connectivity index (χ4n) is 2.66. The van der Waals surface area contributed by atoms with Crippen LogP contribution in [0.15, 0.2) is 53.9 Å². The minimum atomic E-state index is 0.717. The molecule has 1 aliphatic rings. The molecule has 5 heteroatoms. The molecule has 22 heavy (non-hydrogen) atoms. The highest BCUT2D eigenvalue weighted by atomic mass is 35.5. The lowest BCUT2D eigenvalue weighted by atomic mass is 10.1. The Hall–Kier alpha value is -2.46. The molecular formula is C17H13ClN4. The highest BCUT2D eigenvalue weighted by Gasteiger charge is 2.16. The lowest BCUT2D eigenvalue weighted by Crippen LogP contribution is -2.02. The van der Waals surface area contributed by atoms with Gasteiger partial charge in [-0.25, -0.2) is 4.98 Å². The maximum absolute atomic E-state index is 6.01. The second-order valence-electron chi connectivity index (χ2n) is 5.14. The average Bonchev–Trinajstić information content (AvgIpc) is 2.96. The van der Waals surface area contributed by atoms with Gasteiger partial charge in [0.2, 0.25) is 0 Å². The molecule has 0 saturated heterocycles. The number of fused-ring (bicyclic) bond motifs is 1. The molecule has 3 aromatic rings. The number of allylic oxidation sites excluding steroid dienone is 1. The molecule has 4 nitrogen and oxygen atoms in total. The van der Waals surface area contributed by atoms with Gasteiger partial charge in [0, 0.05) is 34.9 Å². The van der Waals surface area contributed by atoms with E-state index in [0.29, 0.717) is 5.02 Å². The summed E-state index contributed by atoms with van der Waals surface area (Å²) in [7, 11) is 0. The summed E-state index contributed by atoms with van der Waals surface area (Å²) in [6, 6.07) is 9.68. The van der Waals surface area contributed by atoms with Gasteiger partial charge in [0.1, 0.15) is 5.82 Å². The van der Waals surface area contributed by atoms with Gasteiger partial charge >= 0.3 is 0 Å². The normalized spacial score (nSPS) is 14.3. The standard InChI is InChI=1S/C17H13ClN4/c18-13-3-5-14(6-4-13)22-16-11-20-9-7-15(16)21-17(22)12-2-1-8-19-10-12/h3-11H,1-2H2. The van der Waals surface area contributed by atoms with Gasteiger partial charge in [-0.3, -0.25) is 14.5 Å². The van der Waals surface area contributed by atoms with E-state index in [1.54, 1.807) is 6.20 Å². The van der Waals surface area contributed by atoms with Gasteiger partial charge in [-0.05, 0) is 43.2 Å². The Labute approximate surface area is 132 Å². The van der Waals surface area contributed by atoms with Crippen LogP contribution in [0, 0.1) is 0 Å². The van der Waals surface area contributed by atoms with Crippen LogP contribution >= 0.6 is 11.6 Å². The zero-order valence-electron chi connectivity index (χ0n) is 11.8. The van der Waals surface area contributed by atoms with Crippen molar-refractivity contribution in [2.75, 3.05) is 0 Å². The maximum Gasteiger partial charge on any atom is 0.143 e. The predicted octanol–water partition coefficient (Wildman–Crippen LogP) is 4.28. The zero-order valence-corrected chi connectivity index (χ0v) is 12.5. The number of aromatic nitrogens is 3. The van der Waals surface area contributed by atoms with E-state index in [2.05, 4.69) is 14.5 Å². The maximum atomic E-state index is 6.01. The largest absolute Gasteiger partial charge is 0.291 e. The first-order valence-electron chi connectivity index (χ1n) is 7.12. The summed E-state index contributed by atoms with van der Waals surface area (Å²) in [4.78, 5) is 13.3. The molecule has 0 saturated carbocycles. The molecule has 1 aliphatic heterocycles. The third-order valence-electron chi connectivity index (χ3n) is 3.71. The second kappa shape index (κ2) is 5.39. The van der Waals surface area contributed by atoms with Crippen molar-refractivity contribution in [1.29, 1.82) is 0 Å². The number of pyridine rings is 1. The van der Waals surface area contributed by atoms with Crippen LogP contribution in [0.3, 0.4) is 0 Å². The number of halogens is 1. The average molecular weight is 309 g/mol. The van der Waals surface area contributed by atoms with Crippen molar-refractivity contribution >= 4 is 34.4 Å². The van der Waals surface area contributed by atoms with Crippen LogP contribution in [0.2, 0.25) is 5.02 Å². The third-order valence-corrected chi connectivity index (χ3v) is 3.96. The number of hydrogen-bond donors (Lipinski definition) is 0. The molecule has 0 unspecified atom stereocenters. The van der Waals surface area contributed by atoms with Crippen LogP contribution < -0.4 is 0 Å². The minimum absolute atomic E-state index is 0.717. The Balaban J connectivity index is 1.99. The molecule has 0 radical (unpaired) electrons. The van der Waals surface area contributed by atoms with E-state index in [9.17, 15) is 0 Å². The summed E-state index contributed by atoms with van der Waals surface area (Å²) in [6.07, 6.45) is 9.30. The SMILES string of the molecule is Clc1ccc(-n2c(C3=CN=CCC3)nc3ccncc32)cc1. The van der Waals surface area contributed by atoms with E-state index < -0.39 is 0 Å². The number of rotatable bonds is 2. The smallest absolute Gasteiger partial charge is 0.143 e. The lowest BCUT2D eigenvalue weighted by Gasteiger charge is -2.12. The van der Waals surface area contributed by atoms with Gasteiger partial charge in [0.15, 0.2) is 0 Å². The van der Waals surface area contributed by atoms with Crippen molar-refractivity contribution in [2.45, 2.75) is 12.8 Å². The van der Waals surface area contributed by atoms with Crippen LogP contribution in [0.5, 0.6) is 0 Å². The molecule has 0 fully saturated rings. The number of hydrogen-bond acceptors (Lipinski definition) is 3. The van der Waals surface area contributed by atoms with Crippen molar-refractivity contribution < 1.29 is 0 Å². The molecule has 0 amide bonds. The summed E-state index contributed by atoms with van der Waals surface area (Å²) in [5.74, 6) is 0.919. The van der Waals surface area contributed by atoms with Crippen molar-refractivity contribution in [3.63, 3.8) is 0 Å². The zero-order chi connectivity index (χ0) is 14.9. The van der Waals surface area contributed by atoms with E-state index in [0.717, 1.165) is 41.0 Å². The molecule has 1 aromatic carbocycles. The number of nitrogens with zero attached hydrogens (tertiary/aromatic N) is 4. The predicted molar refractivity (Wildman–Crippen MR) is 89.6 cm³/mol. The van der Waals surface area contributed by atoms with Crippen molar-refractivity contribution in [3.05, 3.63) is 59.8 Å². The van der Waals surface area contributed by atoms with Crippen LogP contribution in [-0.2, 0) is 0 Å². The summed E-state index contributed by atoms with van der Waals surface area (Å²) in [6.45, 7) is 0. The number of imidazole rings is 1. The van der Waals surface area contributed by atoms with Gasteiger partial charge in [0.25, 0.3) is 0 Å². The Bertz CT molecular complexity index is 891. The van der Waals surface area contributed by atoms with Crippen LogP contribution in [0.4, 0.5) is 0 Å². The van der Waals surface area contributed by atoms with Crippen molar-refractivity contribution in [3.8, 4) is 5.69 Å². The summed E-state index contributed by atoms with van der Waals surface area (Å²) >= 11 is 6.01. The van der Waals surface area contributed by atoms with Crippen LogP contribution in [-0.4, -0.2) is 20.7 Å². The molecule has 0 bridgehead atoms. The molecule has 4 rings (SSSR count). The van der Waals surface area contributed by atoms with E-state index in [-0.39, 0.29) is 0 Å². The molecule has 0 spiro atoms. The Morgan fingerprint density at radius 1 is 1.09 bits per heavy atom. The van der Waals surface area contributed by atoms with E-state index in [4.69, 9.17) is 16.6 Å². The van der Waals surface area contributed by atoms with Crippen molar-refractivity contribution in [2.24, 2.45) is 4.99 Å². The van der Waals surface area contributed by atoms with Crippen molar-refractivity contribution in [1.82, 2.24) is 14.5 Å². The highest BCUT2D eigenvalue weighted by molar-refractivity contribution is 6.30. The fraction of sp³-hybridized carbons (Fsp3) is 0.118. The Kier molecular flexibility index (Phi) is 3.24. The quantitative estimate of drug-likeness (QED) is 0.709. The van der Waals surface area contributed by atoms with Gasteiger partial charge in [-0.2, -0.15) is 0 Å². The van der Waals surface area contributed by atoms with Crippen LogP contribution in [0.1, 0.15) is 18.7 Å². The molecule has 0 aliphatic carbocycles. The molecule has 108 valence electrons. The second-order valence-corrected chi connectivity index (χ2v) is 5.57. The first-order chi connectivity index (χ1) is 10.8. The summed E-state index contributed by atoms with van der Waals surface area (Å²) in [5.41, 5.74) is 4.06. The lowest BCUT2D eigenvalue weighted by molar-refractivity contribution is 0.996. The molecule has 3 heterocycles. The fourth-order valence-corrected chi connectivity index (χ4v) is 2.79. The van der Waals surface area contributed by atoms with E-state index in [1.807, 2.05) is 48.9 Å². The highest BCUT2D eigenvalue weighted by Crippen LogP contribution is 2.29. The van der Waals surface area contributed by atoms with Gasteiger partial charge in [-0.1, -0.05) is 11.6 Å². The van der Waals surface area contributed by atoms with E-state index in [1.165, 1.54) is 0 Å². The summed E-state index contributed by atoms with van der Waals surface area (Å²) < 4.78 is 2.12. The molecule has 0 atom stereocenters. The summed E-state index contributed by atoms with van der Waals surface area (Å²) in [5, 5.41) is 0.717. The first-order valence-corrected chi connectivity index (χ1v) is 7.50.